The SMILES string of the molecule is C=C/C(C)=C(\C=C)OCc1ccc(C)cc1.CC. The average Bonchev–Trinajstić information content (AvgIpc) is 2.43. The minimum Gasteiger partial charge on any atom is -0.489 e. The van der Waals surface area contributed by atoms with Crippen LogP contribution in [0.15, 0.2) is 60.9 Å². The van der Waals surface area contributed by atoms with E-state index in [1.165, 1.54) is 5.56 Å². The lowest BCUT2D eigenvalue weighted by atomic mass is 10.2. The molecule has 0 unspecified atom stereocenters. The predicted octanol–water partition coefficient (Wildman–Crippen LogP) is 5.18. The van der Waals surface area contributed by atoms with Crippen molar-refractivity contribution in [3.63, 3.8) is 0 Å². The molecule has 0 amide bonds. The molecule has 1 nitrogen and oxygen atoms in total. The van der Waals surface area contributed by atoms with Crippen molar-refractivity contribution in [3.8, 4) is 0 Å². The Kier molecular flexibility index (Phi) is 8.38. The first-order chi connectivity index (χ1) is 8.67. The van der Waals surface area contributed by atoms with Gasteiger partial charge in [0.2, 0.25) is 0 Å². The maximum absolute atomic E-state index is 5.66. The summed E-state index contributed by atoms with van der Waals surface area (Å²) in [6.07, 6.45) is 3.48. The first-order valence-corrected chi connectivity index (χ1v) is 6.31. The summed E-state index contributed by atoms with van der Waals surface area (Å²) in [6.45, 7) is 16.0. The zero-order valence-corrected chi connectivity index (χ0v) is 12.0. The Balaban J connectivity index is 0.00000137. The number of benzene rings is 1. The van der Waals surface area contributed by atoms with Crippen molar-refractivity contribution in [3.05, 3.63) is 72.0 Å². The standard InChI is InChI=1S/C15H18O.C2H6/c1-5-13(4)15(6-2)16-11-14-9-7-12(3)8-10-14;1-2/h5-10H,1-2,11H2,3-4H3;1-2H3/b15-13+;. The quantitative estimate of drug-likeness (QED) is 0.512. The fraction of sp³-hybridized carbons (Fsp3) is 0.294. The summed E-state index contributed by atoms with van der Waals surface area (Å²) in [7, 11) is 0. The minimum atomic E-state index is 0.562. The molecule has 0 bridgehead atoms. The molecule has 0 spiro atoms. The van der Waals surface area contributed by atoms with Gasteiger partial charge in [-0.25, -0.2) is 0 Å². The molecule has 0 fully saturated rings. The van der Waals surface area contributed by atoms with Crippen molar-refractivity contribution in [2.75, 3.05) is 0 Å². The lowest BCUT2D eigenvalue weighted by Gasteiger charge is -2.09. The molecule has 0 saturated heterocycles. The lowest BCUT2D eigenvalue weighted by Crippen LogP contribution is -1.93. The Morgan fingerprint density at radius 3 is 2.11 bits per heavy atom. The van der Waals surface area contributed by atoms with Gasteiger partial charge in [0, 0.05) is 0 Å². The zero-order valence-electron chi connectivity index (χ0n) is 12.0. The Morgan fingerprint density at radius 1 is 1.11 bits per heavy atom. The van der Waals surface area contributed by atoms with Crippen molar-refractivity contribution in [2.45, 2.75) is 34.3 Å². The van der Waals surface area contributed by atoms with E-state index < -0.39 is 0 Å². The topological polar surface area (TPSA) is 9.23 Å². The normalized spacial score (nSPS) is 10.7. The largest absolute Gasteiger partial charge is 0.489 e. The summed E-state index contributed by atoms with van der Waals surface area (Å²) in [5.41, 5.74) is 3.41. The van der Waals surface area contributed by atoms with E-state index in [4.69, 9.17) is 4.74 Å². The third-order valence-electron chi connectivity index (χ3n) is 2.40. The van der Waals surface area contributed by atoms with Crippen LogP contribution in [0.25, 0.3) is 0 Å². The van der Waals surface area contributed by atoms with E-state index in [-0.39, 0.29) is 0 Å². The van der Waals surface area contributed by atoms with E-state index in [2.05, 4.69) is 44.3 Å². The van der Waals surface area contributed by atoms with Gasteiger partial charge in [-0.05, 0) is 31.1 Å². The molecule has 18 heavy (non-hydrogen) atoms. The van der Waals surface area contributed by atoms with Crippen LogP contribution in [0.5, 0.6) is 0 Å². The number of allylic oxidation sites excluding steroid dienone is 3. The fourth-order valence-corrected chi connectivity index (χ4v) is 1.28. The molecule has 0 aliphatic heterocycles. The second-order valence-electron chi connectivity index (χ2n) is 3.73. The second kappa shape index (κ2) is 9.29. The molecular weight excluding hydrogens is 220 g/mol. The lowest BCUT2D eigenvalue weighted by molar-refractivity contribution is 0.209. The summed E-state index contributed by atoms with van der Waals surface area (Å²) in [5.74, 6) is 0.788. The number of rotatable bonds is 5. The summed E-state index contributed by atoms with van der Waals surface area (Å²) < 4.78 is 5.66. The van der Waals surface area contributed by atoms with Crippen molar-refractivity contribution >= 4 is 0 Å². The van der Waals surface area contributed by atoms with Gasteiger partial charge in [-0.3, -0.25) is 0 Å². The number of ether oxygens (including phenoxy) is 1. The van der Waals surface area contributed by atoms with Crippen LogP contribution in [0.2, 0.25) is 0 Å². The summed E-state index contributed by atoms with van der Waals surface area (Å²) in [4.78, 5) is 0. The van der Waals surface area contributed by atoms with Crippen molar-refractivity contribution in [1.82, 2.24) is 0 Å². The third kappa shape index (κ3) is 5.53. The Bertz CT molecular complexity index is 396. The van der Waals surface area contributed by atoms with Crippen LogP contribution < -0.4 is 0 Å². The maximum Gasteiger partial charge on any atom is 0.122 e. The molecule has 98 valence electrons. The maximum atomic E-state index is 5.66. The third-order valence-corrected chi connectivity index (χ3v) is 2.40. The van der Waals surface area contributed by atoms with E-state index >= 15 is 0 Å². The first kappa shape index (κ1) is 16.2. The Hall–Kier alpha value is -1.76. The van der Waals surface area contributed by atoms with E-state index in [1.54, 1.807) is 12.2 Å². The van der Waals surface area contributed by atoms with Crippen LogP contribution in [0, 0.1) is 6.92 Å². The molecule has 0 atom stereocenters. The Morgan fingerprint density at radius 2 is 1.67 bits per heavy atom. The highest BCUT2D eigenvalue weighted by Crippen LogP contribution is 2.12. The molecule has 1 aromatic rings. The van der Waals surface area contributed by atoms with Gasteiger partial charge >= 0.3 is 0 Å². The summed E-state index contributed by atoms with van der Waals surface area (Å²) in [6, 6.07) is 8.30. The highest BCUT2D eigenvalue weighted by Gasteiger charge is 1.98. The molecule has 0 N–H and O–H groups in total. The summed E-state index contributed by atoms with van der Waals surface area (Å²) >= 11 is 0. The molecule has 1 aromatic carbocycles. The van der Waals surface area contributed by atoms with Crippen molar-refractivity contribution in [1.29, 1.82) is 0 Å². The Labute approximate surface area is 111 Å². The van der Waals surface area contributed by atoms with Crippen LogP contribution in [-0.4, -0.2) is 0 Å². The van der Waals surface area contributed by atoms with Crippen molar-refractivity contribution < 1.29 is 4.74 Å². The molecule has 0 heterocycles. The van der Waals surface area contributed by atoms with Crippen LogP contribution >= 0.6 is 0 Å². The molecule has 0 aromatic heterocycles. The van der Waals surface area contributed by atoms with Crippen LogP contribution in [0.3, 0.4) is 0 Å². The fourth-order valence-electron chi connectivity index (χ4n) is 1.28. The van der Waals surface area contributed by atoms with Crippen LogP contribution in [0.4, 0.5) is 0 Å². The van der Waals surface area contributed by atoms with Gasteiger partial charge in [0.1, 0.15) is 12.4 Å². The van der Waals surface area contributed by atoms with Crippen LogP contribution in [0.1, 0.15) is 31.9 Å². The van der Waals surface area contributed by atoms with Gasteiger partial charge in [0.05, 0.1) is 0 Å². The number of aryl methyl sites for hydroxylation is 1. The van der Waals surface area contributed by atoms with Gasteiger partial charge in [0.25, 0.3) is 0 Å². The van der Waals surface area contributed by atoms with E-state index in [0.29, 0.717) is 6.61 Å². The number of hydrogen-bond acceptors (Lipinski definition) is 1. The van der Waals surface area contributed by atoms with Gasteiger partial charge in [-0.2, -0.15) is 0 Å². The second-order valence-corrected chi connectivity index (χ2v) is 3.73. The highest BCUT2D eigenvalue weighted by molar-refractivity contribution is 5.26. The van der Waals surface area contributed by atoms with E-state index in [1.807, 2.05) is 20.8 Å². The van der Waals surface area contributed by atoms with Crippen LogP contribution in [-0.2, 0) is 11.3 Å². The molecule has 0 aliphatic carbocycles. The van der Waals surface area contributed by atoms with Gasteiger partial charge in [-0.15, -0.1) is 0 Å². The molecule has 0 aliphatic rings. The molecule has 1 rings (SSSR count). The minimum absolute atomic E-state index is 0.562. The highest BCUT2D eigenvalue weighted by atomic mass is 16.5. The summed E-state index contributed by atoms with van der Waals surface area (Å²) in [5, 5.41) is 0. The van der Waals surface area contributed by atoms with Gasteiger partial charge in [-0.1, -0.05) is 62.9 Å². The zero-order chi connectivity index (χ0) is 14.0. The van der Waals surface area contributed by atoms with Gasteiger partial charge in [0.15, 0.2) is 0 Å². The first-order valence-electron chi connectivity index (χ1n) is 6.31. The average molecular weight is 244 g/mol. The molecule has 0 saturated carbocycles. The van der Waals surface area contributed by atoms with E-state index in [0.717, 1.165) is 16.9 Å². The number of hydrogen-bond donors (Lipinski definition) is 0. The van der Waals surface area contributed by atoms with E-state index in [9.17, 15) is 0 Å². The molecule has 0 radical (unpaired) electrons. The predicted molar refractivity (Wildman–Crippen MR) is 80.4 cm³/mol. The smallest absolute Gasteiger partial charge is 0.122 e. The molecule has 1 heteroatoms. The monoisotopic (exact) mass is 244 g/mol. The van der Waals surface area contributed by atoms with Gasteiger partial charge < -0.3 is 4.74 Å². The molecular formula is C17H24O. The van der Waals surface area contributed by atoms with Crippen molar-refractivity contribution in [2.24, 2.45) is 0 Å².